The van der Waals surface area contributed by atoms with E-state index in [0.717, 1.165) is 16.6 Å². The first-order chi connectivity index (χ1) is 7.33. The zero-order valence-corrected chi connectivity index (χ0v) is 8.45. The molecule has 2 aromatic rings. The number of hydrogen-bond donors (Lipinski definition) is 1. The van der Waals surface area contributed by atoms with E-state index in [4.69, 9.17) is 12.2 Å². The number of aliphatic imine (C=N–C) groups is 1. The Morgan fingerprint density at radius 1 is 1.13 bits per heavy atom. The molecule has 0 fully saturated rings. The molecule has 1 N–H and O–H groups in total. The molecule has 0 unspecified atom stereocenters. The Morgan fingerprint density at radius 3 is 2.73 bits per heavy atom. The van der Waals surface area contributed by atoms with Crippen LogP contribution in [0.25, 0.3) is 10.9 Å². The average Bonchev–Trinajstić information content (AvgIpc) is 2.82. The van der Waals surface area contributed by atoms with Crippen molar-refractivity contribution in [2.45, 2.75) is 0 Å². The van der Waals surface area contributed by atoms with Crippen LogP contribution in [0.1, 0.15) is 5.69 Å². The minimum absolute atomic E-state index is 0.281. The van der Waals surface area contributed by atoms with Gasteiger partial charge in [-0.3, -0.25) is 0 Å². The van der Waals surface area contributed by atoms with Crippen LogP contribution < -0.4 is 0 Å². The van der Waals surface area contributed by atoms with Crippen LogP contribution in [0.4, 0.5) is 0 Å². The minimum Gasteiger partial charge on any atom is -0.352 e. The molecule has 0 amide bonds. The number of aromatic amines is 1. The molecule has 0 saturated heterocycles. The van der Waals surface area contributed by atoms with Gasteiger partial charge in [0.25, 0.3) is 0 Å². The van der Waals surface area contributed by atoms with Crippen LogP contribution in [0.2, 0.25) is 0 Å². The Hall–Kier alpha value is -1.88. The highest BCUT2D eigenvalue weighted by atomic mass is 32.1. The summed E-state index contributed by atoms with van der Waals surface area (Å²) in [6, 6.07) is 9.99. The van der Waals surface area contributed by atoms with Crippen molar-refractivity contribution >= 4 is 34.1 Å². The first-order valence-corrected chi connectivity index (χ1v) is 4.86. The number of nitrogens with one attached hydrogen (secondary N) is 1. The van der Waals surface area contributed by atoms with E-state index in [2.05, 4.69) is 20.2 Å². The van der Waals surface area contributed by atoms with E-state index in [0.29, 0.717) is 5.84 Å². The predicted octanol–water partition coefficient (Wildman–Crippen LogP) is 2.67. The largest absolute Gasteiger partial charge is 0.352 e. The van der Waals surface area contributed by atoms with Gasteiger partial charge in [0.2, 0.25) is 10.9 Å². The number of rotatable bonds is 1. The number of para-hydroxylation sites is 1. The summed E-state index contributed by atoms with van der Waals surface area (Å²) in [4.78, 5) is 7.25. The molecule has 72 valence electrons. The van der Waals surface area contributed by atoms with Gasteiger partial charge in [-0.25, -0.2) is 0 Å². The summed E-state index contributed by atoms with van der Waals surface area (Å²) in [5.74, 6) is 0.552. The van der Waals surface area contributed by atoms with E-state index >= 15 is 0 Å². The number of amidine groups is 1. The fourth-order valence-electron chi connectivity index (χ4n) is 1.53. The monoisotopic (exact) mass is 214 g/mol. The van der Waals surface area contributed by atoms with E-state index < -0.39 is 0 Å². The summed E-state index contributed by atoms with van der Waals surface area (Å²) in [5.41, 5.74) is 1.91. The SMILES string of the molecule is S=C1N=NC(c2cc3ccccc3[nH]2)=N1. The summed E-state index contributed by atoms with van der Waals surface area (Å²) >= 11 is 4.82. The molecule has 2 heterocycles. The lowest BCUT2D eigenvalue weighted by Crippen LogP contribution is -1.93. The summed E-state index contributed by atoms with van der Waals surface area (Å²) in [5, 5.41) is 8.99. The molecule has 15 heavy (non-hydrogen) atoms. The van der Waals surface area contributed by atoms with Crippen LogP contribution in [0.15, 0.2) is 45.6 Å². The second kappa shape index (κ2) is 3.06. The zero-order valence-electron chi connectivity index (χ0n) is 7.64. The molecule has 0 atom stereocenters. The fraction of sp³-hybridized carbons (Fsp3) is 0. The van der Waals surface area contributed by atoms with Crippen molar-refractivity contribution in [2.75, 3.05) is 0 Å². The van der Waals surface area contributed by atoms with Gasteiger partial charge in [0.15, 0.2) is 0 Å². The lowest BCUT2D eigenvalue weighted by molar-refractivity contribution is 1.35. The Labute approximate surface area is 90.7 Å². The second-order valence-electron chi connectivity index (χ2n) is 3.19. The Balaban J connectivity index is 2.17. The Morgan fingerprint density at radius 2 is 2.00 bits per heavy atom. The normalized spacial score (nSPS) is 14.9. The van der Waals surface area contributed by atoms with Crippen molar-refractivity contribution in [1.29, 1.82) is 0 Å². The minimum atomic E-state index is 0.281. The van der Waals surface area contributed by atoms with Crippen LogP contribution in [-0.2, 0) is 0 Å². The van der Waals surface area contributed by atoms with Gasteiger partial charge in [0, 0.05) is 10.9 Å². The van der Waals surface area contributed by atoms with Gasteiger partial charge < -0.3 is 4.98 Å². The van der Waals surface area contributed by atoms with Gasteiger partial charge in [-0.1, -0.05) is 18.2 Å². The molecule has 1 aromatic heterocycles. The van der Waals surface area contributed by atoms with Gasteiger partial charge in [0.05, 0.1) is 5.69 Å². The van der Waals surface area contributed by atoms with Crippen molar-refractivity contribution < 1.29 is 0 Å². The van der Waals surface area contributed by atoms with Gasteiger partial charge in [0.1, 0.15) is 0 Å². The molecule has 5 heteroatoms. The van der Waals surface area contributed by atoms with E-state index in [-0.39, 0.29) is 5.11 Å². The molecule has 0 saturated carbocycles. The Bertz CT molecular complexity index is 576. The van der Waals surface area contributed by atoms with Crippen molar-refractivity contribution in [1.82, 2.24) is 4.98 Å². The summed E-state index contributed by atoms with van der Waals surface area (Å²) < 4.78 is 0. The predicted molar refractivity (Wildman–Crippen MR) is 62.3 cm³/mol. The number of thiocarbonyl (C=S) groups is 1. The van der Waals surface area contributed by atoms with Gasteiger partial charge >= 0.3 is 0 Å². The second-order valence-corrected chi connectivity index (χ2v) is 3.55. The third kappa shape index (κ3) is 1.37. The average molecular weight is 214 g/mol. The first kappa shape index (κ1) is 8.43. The smallest absolute Gasteiger partial charge is 0.242 e. The maximum atomic E-state index is 4.82. The van der Waals surface area contributed by atoms with Crippen LogP contribution in [0.3, 0.4) is 0 Å². The highest BCUT2D eigenvalue weighted by molar-refractivity contribution is 7.80. The number of benzene rings is 1. The summed E-state index contributed by atoms with van der Waals surface area (Å²) in [6.07, 6.45) is 0. The number of hydrogen-bond acceptors (Lipinski definition) is 2. The van der Waals surface area contributed by atoms with Gasteiger partial charge in [-0.15, -0.1) is 10.2 Å². The first-order valence-electron chi connectivity index (χ1n) is 4.45. The number of aromatic nitrogens is 1. The maximum Gasteiger partial charge on any atom is 0.242 e. The topological polar surface area (TPSA) is 52.9 Å². The van der Waals surface area contributed by atoms with Crippen molar-refractivity contribution in [2.24, 2.45) is 15.2 Å². The highest BCUT2D eigenvalue weighted by Crippen LogP contribution is 2.17. The maximum absolute atomic E-state index is 4.82. The van der Waals surface area contributed by atoms with Crippen LogP contribution >= 0.6 is 12.2 Å². The molecule has 0 bridgehead atoms. The van der Waals surface area contributed by atoms with Crippen molar-refractivity contribution in [3.63, 3.8) is 0 Å². The number of H-pyrrole nitrogens is 1. The van der Waals surface area contributed by atoms with E-state index in [1.165, 1.54) is 0 Å². The third-order valence-corrected chi connectivity index (χ3v) is 2.38. The van der Waals surface area contributed by atoms with Gasteiger partial charge in [-0.2, -0.15) is 4.99 Å². The zero-order chi connectivity index (χ0) is 10.3. The van der Waals surface area contributed by atoms with E-state index in [1.807, 2.05) is 30.3 Å². The van der Waals surface area contributed by atoms with Crippen molar-refractivity contribution in [3.05, 3.63) is 36.0 Å². The Kier molecular flexibility index (Phi) is 1.72. The highest BCUT2D eigenvalue weighted by Gasteiger charge is 2.11. The summed E-state index contributed by atoms with van der Waals surface area (Å²) in [6.45, 7) is 0. The van der Waals surface area contributed by atoms with Crippen LogP contribution in [0.5, 0.6) is 0 Å². The van der Waals surface area contributed by atoms with Crippen LogP contribution in [-0.4, -0.2) is 15.9 Å². The lowest BCUT2D eigenvalue weighted by atomic mass is 10.2. The van der Waals surface area contributed by atoms with Crippen molar-refractivity contribution in [3.8, 4) is 0 Å². The number of fused-ring (bicyclic) bond motifs is 1. The molecule has 0 spiro atoms. The molecule has 4 nitrogen and oxygen atoms in total. The molecular weight excluding hydrogens is 208 g/mol. The van der Waals surface area contributed by atoms with E-state index in [9.17, 15) is 0 Å². The molecule has 3 rings (SSSR count). The fourth-order valence-corrected chi connectivity index (χ4v) is 1.66. The molecule has 0 radical (unpaired) electrons. The molecule has 1 aromatic carbocycles. The summed E-state index contributed by atoms with van der Waals surface area (Å²) in [7, 11) is 0. The molecule has 1 aliphatic heterocycles. The molecule has 0 aliphatic carbocycles. The third-order valence-electron chi connectivity index (χ3n) is 2.20. The standard InChI is InChI=1S/C10H6N4S/c15-10-12-9(13-14-10)8-5-6-3-1-2-4-7(6)11-8/h1-5,11H. The number of azo groups is 1. The van der Waals surface area contributed by atoms with E-state index in [1.54, 1.807) is 0 Å². The quantitative estimate of drug-likeness (QED) is 0.729. The van der Waals surface area contributed by atoms with Gasteiger partial charge in [-0.05, 0) is 24.4 Å². The molecular formula is C10H6N4S. The number of nitrogens with zero attached hydrogens (tertiary/aromatic N) is 3. The van der Waals surface area contributed by atoms with Crippen LogP contribution in [0, 0.1) is 0 Å². The molecule has 1 aliphatic rings. The lowest BCUT2D eigenvalue weighted by Gasteiger charge is -1.87.